The summed E-state index contributed by atoms with van der Waals surface area (Å²) in [5.41, 5.74) is 3.28. The van der Waals surface area contributed by atoms with E-state index < -0.39 is 0 Å². The number of aromatic nitrogens is 4. The molecule has 4 aromatic rings. The van der Waals surface area contributed by atoms with Gasteiger partial charge in [0.25, 0.3) is 0 Å². The van der Waals surface area contributed by atoms with E-state index in [2.05, 4.69) is 15.4 Å². The molecule has 1 aromatic carbocycles. The fraction of sp³-hybridized carbons (Fsp3) is 0.300. The van der Waals surface area contributed by atoms with Crippen LogP contribution in [-0.2, 0) is 24.2 Å². The maximum atomic E-state index is 12.8. The molecule has 7 nitrogen and oxygen atoms in total. The van der Waals surface area contributed by atoms with Crippen LogP contribution in [0.5, 0.6) is 0 Å². The van der Waals surface area contributed by atoms with Crippen molar-refractivity contribution < 1.29 is 4.79 Å². The van der Waals surface area contributed by atoms with E-state index in [0.29, 0.717) is 11.3 Å². The van der Waals surface area contributed by atoms with Crippen molar-refractivity contribution in [2.75, 3.05) is 5.32 Å². The number of amides is 1. The van der Waals surface area contributed by atoms with E-state index in [-0.39, 0.29) is 18.1 Å². The van der Waals surface area contributed by atoms with Crippen LogP contribution in [0, 0.1) is 6.92 Å². The summed E-state index contributed by atoms with van der Waals surface area (Å²) in [6.07, 6.45) is 5.90. The number of fused-ring (bicyclic) bond motifs is 5. The van der Waals surface area contributed by atoms with Crippen molar-refractivity contribution in [1.82, 2.24) is 19.2 Å². The van der Waals surface area contributed by atoms with Crippen molar-refractivity contribution in [3.63, 3.8) is 0 Å². The highest BCUT2D eigenvalue weighted by molar-refractivity contribution is 7.19. The number of benzene rings is 1. The van der Waals surface area contributed by atoms with Gasteiger partial charge < -0.3 is 5.32 Å². The first-order chi connectivity index (χ1) is 13.6. The molecular weight excluding hydrogens is 374 g/mol. The van der Waals surface area contributed by atoms with Gasteiger partial charge in [-0.1, -0.05) is 12.1 Å². The molecule has 0 saturated carbocycles. The molecular formula is C20H19N5O2S. The number of nitrogens with zero attached hydrogens (tertiary/aromatic N) is 4. The van der Waals surface area contributed by atoms with Crippen molar-refractivity contribution in [2.45, 2.75) is 39.2 Å². The molecule has 8 heteroatoms. The van der Waals surface area contributed by atoms with Crippen molar-refractivity contribution in [1.29, 1.82) is 0 Å². The van der Waals surface area contributed by atoms with Crippen LogP contribution >= 0.6 is 11.3 Å². The lowest BCUT2D eigenvalue weighted by Gasteiger charge is -2.09. The summed E-state index contributed by atoms with van der Waals surface area (Å²) in [7, 11) is 0. The van der Waals surface area contributed by atoms with Gasteiger partial charge in [0.15, 0.2) is 5.65 Å². The predicted octanol–water partition coefficient (Wildman–Crippen LogP) is 2.93. The minimum atomic E-state index is -0.348. The van der Waals surface area contributed by atoms with Gasteiger partial charge in [-0.25, -0.2) is 18.9 Å². The molecule has 0 atom stereocenters. The lowest BCUT2D eigenvalue weighted by atomic mass is 9.97. The Morgan fingerprint density at radius 2 is 2.14 bits per heavy atom. The quantitative estimate of drug-likeness (QED) is 0.580. The number of carbonyl (C=O) groups excluding carboxylic acids is 1. The Morgan fingerprint density at radius 1 is 1.29 bits per heavy atom. The van der Waals surface area contributed by atoms with Crippen molar-refractivity contribution >= 4 is 38.8 Å². The second kappa shape index (κ2) is 6.56. The molecule has 0 unspecified atom stereocenters. The Bertz CT molecular complexity index is 1280. The first-order valence-corrected chi connectivity index (χ1v) is 10.2. The van der Waals surface area contributed by atoms with E-state index in [1.54, 1.807) is 11.3 Å². The van der Waals surface area contributed by atoms with Crippen LogP contribution in [0.4, 0.5) is 5.69 Å². The number of hydrogen-bond acceptors (Lipinski definition) is 5. The molecule has 1 aliphatic carbocycles. The topological polar surface area (TPSA) is 81.3 Å². The lowest BCUT2D eigenvalue weighted by molar-refractivity contribution is -0.117. The van der Waals surface area contributed by atoms with Crippen molar-refractivity contribution in [3.8, 4) is 0 Å². The van der Waals surface area contributed by atoms with Gasteiger partial charge in [0.2, 0.25) is 5.91 Å². The molecule has 0 radical (unpaired) electrons. The van der Waals surface area contributed by atoms with Crippen molar-refractivity contribution in [2.24, 2.45) is 0 Å². The third-order valence-electron chi connectivity index (χ3n) is 5.13. The van der Waals surface area contributed by atoms with E-state index in [9.17, 15) is 9.59 Å². The number of nitrogens with one attached hydrogen (secondary N) is 1. The Labute approximate surface area is 164 Å². The first kappa shape index (κ1) is 17.1. The summed E-state index contributed by atoms with van der Waals surface area (Å²) in [4.78, 5) is 31.9. The Balaban J connectivity index is 1.52. The monoisotopic (exact) mass is 393 g/mol. The number of thiophene rings is 1. The summed E-state index contributed by atoms with van der Waals surface area (Å²) in [6, 6.07) is 7.55. The zero-order chi connectivity index (χ0) is 19.3. The van der Waals surface area contributed by atoms with Crippen LogP contribution in [0.2, 0.25) is 0 Å². The second-order valence-corrected chi connectivity index (χ2v) is 8.27. The summed E-state index contributed by atoms with van der Waals surface area (Å²) in [5.74, 6) is -0.285. The third kappa shape index (κ3) is 2.80. The first-order valence-electron chi connectivity index (χ1n) is 9.35. The molecule has 28 heavy (non-hydrogen) atoms. The smallest absolute Gasteiger partial charge is 0.324 e. The van der Waals surface area contributed by atoms with Gasteiger partial charge in [-0.05, 0) is 55.9 Å². The fourth-order valence-corrected chi connectivity index (χ4v) is 5.06. The van der Waals surface area contributed by atoms with Gasteiger partial charge in [0.05, 0.1) is 5.39 Å². The largest absolute Gasteiger partial charge is 0.352 e. The lowest BCUT2D eigenvalue weighted by Crippen LogP contribution is -2.28. The Hall–Kier alpha value is -3.00. The molecule has 142 valence electrons. The van der Waals surface area contributed by atoms with Crippen molar-refractivity contribution in [3.05, 3.63) is 57.1 Å². The minimum Gasteiger partial charge on any atom is -0.324 e. The third-order valence-corrected chi connectivity index (χ3v) is 6.33. The maximum absolute atomic E-state index is 12.8. The molecule has 0 bridgehead atoms. The molecule has 0 spiro atoms. The second-order valence-electron chi connectivity index (χ2n) is 7.19. The Kier molecular flexibility index (Phi) is 4.01. The van der Waals surface area contributed by atoms with E-state index in [0.717, 1.165) is 35.0 Å². The van der Waals surface area contributed by atoms with Gasteiger partial charge in [-0.3, -0.25) is 4.79 Å². The van der Waals surface area contributed by atoms with Gasteiger partial charge in [-0.2, -0.15) is 0 Å². The molecule has 1 N–H and O–H groups in total. The number of rotatable bonds is 3. The van der Waals surface area contributed by atoms with E-state index in [1.807, 2.05) is 31.2 Å². The predicted molar refractivity (Wildman–Crippen MR) is 109 cm³/mol. The number of hydrogen-bond donors (Lipinski definition) is 1. The maximum Gasteiger partial charge on any atom is 0.352 e. The SMILES string of the molecule is Cc1cccc(NC(=O)Cn2nc3c4c5c(sc4ncn3c2=O)CCCC5)c1. The fourth-order valence-electron chi connectivity index (χ4n) is 3.84. The number of aryl methyl sites for hydroxylation is 3. The van der Waals surface area contributed by atoms with Crippen LogP contribution in [0.1, 0.15) is 28.8 Å². The number of anilines is 1. The van der Waals surface area contributed by atoms with E-state index in [4.69, 9.17) is 0 Å². The van der Waals surface area contributed by atoms with Crippen LogP contribution < -0.4 is 11.0 Å². The van der Waals surface area contributed by atoms with Gasteiger partial charge in [0, 0.05) is 10.6 Å². The van der Waals surface area contributed by atoms with Crippen LogP contribution in [0.25, 0.3) is 15.9 Å². The molecule has 3 aromatic heterocycles. The molecule has 0 fully saturated rings. The van der Waals surface area contributed by atoms with Gasteiger partial charge in [0.1, 0.15) is 17.7 Å². The minimum absolute atomic E-state index is 0.137. The van der Waals surface area contributed by atoms with Crippen LogP contribution in [-0.4, -0.2) is 25.1 Å². The number of carbonyl (C=O) groups is 1. The average Bonchev–Trinajstić information content (AvgIpc) is 3.19. The van der Waals surface area contributed by atoms with Gasteiger partial charge in [-0.15, -0.1) is 16.4 Å². The van der Waals surface area contributed by atoms with E-state index in [1.165, 1.54) is 32.3 Å². The van der Waals surface area contributed by atoms with Crippen LogP contribution in [0.3, 0.4) is 0 Å². The highest BCUT2D eigenvalue weighted by Gasteiger charge is 2.22. The van der Waals surface area contributed by atoms with Gasteiger partial charge >= 0.3 is 5.69 Å². The standard InChI is InChI=1S/C20H19N5O2S/c1-12-5-4-6-13(9-12)22-16(26)10-25-20(27)24-11-21-19-17(18(24)23-25)14-7-2-3-8-15(14)28-19/h4-6,9,11H,2-3,7-8,10H2,1H3,(H,22,26). The normalized spacial score (nSPS) is 13.8. The molecule has 3 heterocycles. The summed E-state index contributed by atoms with van der Waals surface area (Å²) in [5, 5.41) is 8.29. The summed E-state index contributed by atoms with van der Waals surface area (Å²) in [6.45, 7) is 1.82. The molecule has 0 saturated heterocycles. The molecule has 5 rings (SSSR count). The summed E-state index contributed by atoms with van der Waals surface area (Å²) >= 11 is 1.69. The van der Waals surface area contributed by atoms with Crippen LogP contribution in [0.15, 0.2) is 35.4 Å². The van der Waals surface area contributed by atoms with E-state index >= 15 is 0 Å². The summed E-state index contributed by atoms with van der Waals surface area (Å²) < 4.78 is 2.67. The Morgan fingerprint density at radius 3 is 3.00 bits per heavy atom. The highest BCUT2D eigenvalue weighted by Crippen LogP contribution is 2.36. The zero-order valence-corrected chi connectivity index (χ0v) is 16.3. The molecule has 1 aliphatic rings. The average molecular weight is 393 g/mol. The molecule has 0 aliphatic heterocycles. The molecule has 1 amide bonds. The highest BCUT2D eigenvalue weighted by atomic mass is 32.1. The zero-order valence-electron chi connectivity index (χ0n) is 15.4.